The van der Waals surface area contributed by atoms with Gasteiger partial charge in [-0.15, -0.1) is 0 Å². The molecule has 0 bridgehead atoms. The van der Waals surface area contributed by atoms with Gasteiger partial charge in [0.05, 0.1) is 6.07 Å². The van der Waals surface area contributed by atoms with E-state index in [1.807, 2.05) is 41.5 Å². The lowest BCUT2D eigenvalue weighted by atomic mass is 9.71. The molecule has 0 amide bonds. The Morgan fingerprint density at radius 3 is 1.36 bits per heavy atom. The Labute approximate surface area is 87.9 Å². The van der Waals surface area contributed by atoms with Crippen LogP contribution in [0.3, 0.4) is 0 Å². The number of nitrogens with zero attached hydrogens (tertiary/aromatic N) is 1. The summed E-state index contributed by atoms with van der Waals surface area (Å²) in [6.45, 7) is 12.1. The quantitative estimate of drug-likeness (QED) is 0.704. The van der Waals surface area contributed by atoms with Gasteiger partial charge in [-0.25, -0.2) is 0 Å². The molecule has 0 aromatic carbocycles. The molecule has 2 unspecified atom stereocenters. The van der Waals surface area contributed by atoms with Gasteiger partial charge in [-0.2, -0.15) is 5.26 Å². The number of hydrogen-bond acceptors (Lipinski definition) is 2. The third-order valence-electron chi connectivity index (χ3n) is 3.57. The van der Waals surface area contributed by atoms with Crippen LogP contribution in [0.5, 0.6) is 0 Å². The summed E-state index contributed by atoms with van der Waals surface area (Å²) in [6, 6.07) is 2.10. The summed E-state index contributed by atoms with van der Waals surface area (Å²) in [6.07, 6.45) is 0. The van der Waals surface area contributed by atoms with E-state index in [9.17, 15) is 5.11 Å². The number of nitriles is 1. The van der Waals surface area contributed by atoms with E-state index in [-0.39, 0.29) is 11.8 Å². The van der Waals surface area contributed by atoms with Crippen molar-refractivity contribution in [3.05, 3.63) is 0 Å². The molecule has 14 heavy (non-hydrogen) atoms. The highest BCUT2D eigenvalue weighted by atomic mass is 16.3. The highest BCUT2D eigenvalue weighted by Crippen LogP contribution is 2.34. The number of aliphatic hydroxyl groups is 1. The van der Waals surface area contributed by atoms with Gasteiger partial charge in [-0.3, -0.25) is 0 Å². The molecule has 0 rings (SSSR count). The molecule has 2 atom stereocenters. The second kappa shape index (κ2) is 4.79. The summed E-state index contributed by atoms with van der Waals surface area (Å²) in [4.78, 5) is 0. The average molecular weight is 197 g/mol. The molecule has 0 saturated heterocycles. The highest BCUT2D eigenvalue weighted by Gasteiger charge is 2.42. The molecule has 1 N–H and O–H groups in total. The second-order valence-electron chi connectivity index (χ2n) is 5.00. The van der Waals surface area contributed by atoms with Gasteiger partial charge in [-0.1, -0.05) is 41.5 Å². The first kappa shape index (κ1) is 13.4. The zero-order valence-corrected chi connectivity index (χ0v) is 10.2. The van der Waals surface area contributed by atoms with Crippen LogP contribution >= 0.6 is 0 Å². The summed E-state index contributed by atoms with van der Waals surface area (Å²) in [7, 11) is 0. The molecule has 0 aliphatic heterocycles. The van der Waals surface area contributed by atoms with Crippen LogP contribution in [-0.4, -0.2) is 10.7 Å². The fourth-order valence-electron chi connectivity index (χ4n) is 1.63. The first-order valence-electron chi connectivity index (χ1n) is 5.41. The smallest absolute Gasteiger partial charge is 0.156 e. The summed E-state index contributed by atoms with van der Waals surface area (Å²) in [5.41, 5.74) is -1.19. The van der Waals surface area contributed by atoms with Crippen molar-refractivity contribution in [2.75, 3.05) is 0 Å². The highest BCUT2D eigenvalue weighted by molar-refractivity contribution is 5.07. The predicted octanol–water partition coefficient (Wildman–Crippen LogP) is 2.83. The van der Waals surface area contributed by atoms with E-state index in [0.717, 1.165) is 0 Å². The fourth-order valence-corrected chi connectivity index (χ4v) is 1.63. The minimum Gasteiger partial charge on any atom is -0.375 e. The third-order valence-corrected chi connectivity index (χ3v) is 3.57. The minimum absolute atomic E-state index is 0.00454. The molecule has 0 fully saturated rings. The van der Waals surface area contributed by atoms with Gasteiger partial charge in [0.15, 0.2) is 5.60 Å². The lowest BCUT2D eigenvalue weighted by Gasteiger charge is -2.37. The number of rotatable bonds is 4. The third kappa shape index (κ3) is 2.48. The van der Waals surface area contributed by atoms with Gasteiger partial charge >= 0.3 is 0 Å². The van der Waals surface area contributed by atoms with Gasteiger partial charge in [0.25, 0.3) is 0 Å². The maximum atomic E-state index is 10.3. The van der Waals surface area contributed by atoms with Crippen LogP contribution in [0.1, 0.15) is 41.5 Å². The van der Waals surface area contributed by atoms with Crippen molar-refractivity contribution in [1.29, 1.82) is 5.26 Å². The second-order valence-corrected chi connectivity index (χ2v) is 5.00. The monoisotopic (exact) mass is 197 g/mol. The summed E-state index contributed by atoms with van der Waals surface area (Å²) in [5.74, 6) is 0.650. The minimum atomic E-state index is -1.19. The lowest BCUT2D eigenvalue weighted by molar-refractivity contribution is -0.0385. The molecule has 2 nitrogen and oxygen atoms in total. The van der Waals surface area contributed by atoms with Crippen LogP contribution in [0.25, 0.3) is 0 Å². The number of hydrogen-bond donors (Lipinski definition) is 1. The summed E-state index contributed by atoms with van der Waals surface area (Å²) in [5, 5.41) is 19.5. The average Bonchev–Trinajstić information content (AvgIpc) is 2.13. The normalized spacial score (nSPS) is 20.3. The van der Waals surface area contributed by atoms with E-state index < -0.39 is 5.60 Å². The summed E-state index contributed by atoms with van der Waals surface area (Å²) >= 11 is 0. The van der Waals surface area contributed by atoms with E-state index in [2.05, 4.69) is 6.07 Å². The van der Waals surface area contributed by atoms with Gasteiger partial charge in [0.2, 0.25) is 0 Å². The maximum Gasteiger partial charge on any atom is 0.156 e. The van der Waals surface area contributed by atoms with Crippen molar-refractivity contribution in [3.63, 3.8) is 0 Å². The van der Waals surface area contributed by atoms with Gasteiger partial charge in [-0.05, 0) is 11.8 Å². The van der Waals surface area contributed by atoms with Crippen LogP contribution in [-0.2, 0) is 0 Å². The van der Waals surface area contributed by atoms with Crippen LogP contribution in [0.4, 0.5) is 0 Å². The van der Waals surface area contributed by atoms with Crippen molar-refractivity contribution in [3.8, 4) is 6.07 Å². The van der Waals surface area contributed by atoms with E-state index in [0.29, 0.717) is 11.8 Å². The standard InChI is InChI=1S/C12H23NO/c1-8(2)10(5)12(14,7-13)11(6)9(3)4/h8-11,14H,1-6H3. The molecule has 0 radical (unpaired) electrons. The molecule has 0 aromatic heterocycles. The first-order valence-corrected chi connectivity index (χ1v) is 5.41. The van der Waals surface area contributed by atoms with Crippen molar-refractivity contribution in [1.82, 2.24) is 0 Å². The Morgan fingerprint density at radius 1 is 0.929 bits per heavy atom. The fraction of sp³-hybridized carbons (Fsp3) is 0.917. The van der Waals surface area contributed by atoms with Gasteiger partial charge < -0.3 is 5.11 Å². The Morgan fingerprint density at radius 2 is 1.21 bits per heavy atom. The molecule has 0 heterocycles. The Kier molecular flexibility index (Phi) is 4.61. The molecule has 0 aliphatic carbocycles. The van der Waals surface area contributed by atoms with Crippen LogP contribution < -0.4 is 0 Å². The van der Waals surface area contributed by atoms with E-state index in [1.165, 1.54) is 0 Å². The summed E-state index contributed by atoms with van der Waals surface area (Å²) < 4.78 is 0. The van der Waals surface area contributed by atoms with Crippen molar-refractivity contribution in [2.45, 2.75) is 47.1 Å². The Bertz CT molecular complexity index is 201. The molecule has 0 aromatic rings. The molecular weight excluding hydrogens is 174 g/mol. The van der Waals surface area contributed by atoms with Gasteiger partial charge in [0.1, 0.15) is 0 Å². The molecule has 0 saturated carbocycles. The van der Waals surface area contributed by atoms with E-state index in [1.54, 1.807) is 0 Å². The maximum absolute atomic E-state index is 10.3. The molecule has 82 valence electrons. The van der Waals surface area contributed by atoms with E-state index >= 15 is 0 Å². The molecule has 0 spiro atoms. The lowest BCUT2D eigenvalue weighted by Crippen LogP contribution is -2.45. The first-order chi connectivity index (χ1) is 6.27. The van der Waals surface area contributed by atoms with E-state index in [4.69, 9.17) is 5.26 Å². The van der Waals surface area contributed by atoms with Crippen molar-refractivity contribution < 1.29 is 5.11 Å². The zero-order valence-electron chi connectivity index (χ0n) is 10.2. The van der Waals surface area contributed by atoms with Crippen LogP contribution in [0.2, 0.25) is 0 Å². The zero-order chi connectivity index (χ0) is 11.5. The molecule has 2 heteroatoms. The van der Waals surface area contributed by atoms with Crippen LogP contribution in [0.15, 0.2) is 0 Å². The topological polar surface area (TPSA) is 44.0 Å². The van der Waals surface area contributed by atoms with Crippen molar-refractivity contribution >= 4 is 0 Å². The molecule has 0 aliphatic rings. The Balaban J connectivity index is 4.90. The van der Waals surface area contributed by atoms with Crippen LogP contribution in [0, 0.1) is 35.0 Å². The van der Waals surface area contributed by atoms with Crippen molar-refractivity contribution in [2.24, 2.45) is 23.7 Å². The van der Waals surface area contributed by atoms with Gasteiger partial charge in [0, 0.05) is 11.8 Å². The SMILES string of the molecule is CC(C)C(C)C(O)(C#N)C(C)C(C)C. The molecular formula is C12H23NO. The predicted molar refractivity (Wildman–Crippen MR) is 58.6 cm³/mol. The Hall–Kier alpha value is -0.550. The largest absolute Gasteiger partial charge is 0.375 e.